The number of primary amides is 1. The van der Waals surface area contributed by atoms with E-state index in [1.165, 1.54) is 24.3 Å². The van der Waals surface area contributed by atoms with Gasteiger partial charge in [0.25, 0.3) is 0 Å². The predicted octanol–water partition coefficient (Wildman–Crippen LogP) is 1.52. The summed E-state index contributed by atoms with van der Waals surface area (Å²) in [7, 11) is 0. The van der Waals surface area contributed by atoms with Crippen molar-refractivity contribution in [3.05, 3.63) is 36.4 Å². The maximum Gasteiger partial charge on any atom is 0.319 e. The normalized spacial score (nSPS) is 10.5. The first-order chi connectivity index (χ1) is 12.3. The van der Waals surface area contributed by atoms with E-state index < -0.39 is 6.03 Å². The van der Waals surface area contributed by atoms with Gasteiger partial charge in [-0.15, -0.1) is 0 Å². The topological polar surface area (TPSA) is 175 Å². The number of rotatable bonds is 3. The van der Waals surface area contributed by atoms with E-state index in [4.69, 9.17) is 5.73 Å². The molecule has 2 amide bonds. The lowest BCUT2D eigenvalue weighted by molar-refractivity contribution is 0.259. The van der Waals surface area contributed by atoms with Gasteiger partial charge in [-0.3, -0.25) is 5.32 Å². The molecule has 0 bridgehead atoms. The van der Waals surface area contributed by atoms with Gasteiger partial charge in [-0.1, -0.05) is 0 Å². The molecule has 1 heterocycles. The summed E-state index contributed by atoms with van der Waals surface area (Å²) < 4.78 is 0. The zero-order valence-electron chi connectivity index (χ0n) is 13.1. The lowest BCUT2D eigenvalue weighted by atomic mass is 10.1. The second kappa shape index (κ2) is 6.43. The number of nitrogens with zero attached hydrogens (tertiary/aromatic N) is 3. The van der Waals surface area contributed by atoms with Crippen LogP contribution in [0.25, 0.3) is 22.8 Å². The molecule has 0 aliphatic carbocycles. The second-order valence-corrected chi connectivity index (χ2v) is 5.20. The number of phenols is 4. The van der Waals surface area contributed by atoms with E-state index in [0.717, 1.165) is 12.1 Å². The summed E-state index contributed by atoms with van der Waals surface area (Å²) in [4.78, 5) is 23.3. The van der Waals surface area contributed by atoms with Crippen LogP contribution in [0.5, 0.6) is 23.0 Å². The molecule has 0 aliphatic heterocycles. The molecule has 26 heavy (non-hydrogen) atoms. The lowest BCUT2D eigenvalue weighted by Gasteiger charge is -2.10. The van der Waals surface area contributed by atoms with Crippen molar-refractivity contribution in [2.45, 2.75) is 0 Å². The maximum absolute atomic E-state index is 11.1. The number of phenolic OH excluding ortho intramolecular Hbond substituents is 4. The van der Waals surface area contributed by atoms with Crippen molar-refractivity contribution in [2.75, 3.05) is 5.32 Å². The van der Waals surface area contributed by atoms with Crippen molar-refractivity contribution in [1.82, 2.24) is 15.0 Å². The quantitative estimate of drug-likeness (QED) is 0.410. The Bertz CT molecular complexity index is 939. The number of hydrogen-bond donors (Lipinski definition) is 6. The highest BCUT2D eigenvalue weighted by Gasteiger charge is 2.16. The van der Waals surface area contributed by atoms with Gasteiger partial charge in [0.2, 0.25) is 5.95 Å². The molecule has 0 atom stereocenters. The van der Waals surface area contributed by atoms with Crippen molar-refractivity contribution in [3.8, 4) is 45.8 Å². The van der Waals surface area contributed by atoms with E-state index >= 15 is 0 Å². The molecule has 1 aromatic heterocycles. The molecule has 2 aromatic carbocycles. The zero-order chi connectivity index (χ0) is 18.8. The molecule has 0 spiro atoms. The van der Waals surface area contributed by atoms with E-state index in [2.05, 4.69) is 20.3 Å². The molecule has 7 N–H and O–H groups in total. The van der Waals surface area contributed by atoms with E-state index in [1.807, 2.05) is 0 Å². The average Bonchev–Trinajstić information content (AvgIpc) is 2.53. The number of carbonyl (C=O) groups excluding carboxylic acids is 1. The Labute approximate surface area is 146 Å². The fourth-order valence-electron chi connectivity index (χ4n) is 2.20. The van der Waals surface area contributed by atoms with Crippen LogP contribution in [-0.4, -0.2) is 41.4 Å². The first-order valence-corrected chi connectivity index (χ1v) is 7.20. The lowest BCUT2D eigenvalue weighted by Crippen LogP contribution is -2.21. The zero-order valence-corrected chi connectivity index (χ0v) is 13.1. The van der Waals surface area contributed by atoms with Gasteiger partial charge in [0.1, 0.15) is 23.0 Å². The van der Waals surface area contributed by atoms with Crippen molar-refractivity contribution in [1.29, 1.82) is 0 Å². The van der Waals surface area contributed by atoms with Gasteiger partial charge in [0.15, 0.2) is 11.6 Å². The number of nitrogens with one attached hydrogen (secondary N) is 1. The largest absolute Gasteiger partial charge is 0.508 e. The van der Waals surface area contributed by atoms with Gasteiger partial charge in [0.05, 0.1) is 11.1 Å². The number of benzene rings is 2. The summed E-state index contributed by atoms with van der Waals surface area (Å²) in [6.07, 6.45) is 0. The first-order valence-electron chi connectivity index (χ1n) is 7.20. The molecule has 132 valence electrons. The van der Waals surface area contributed by atoms with Crippen LogP contribution in [0, 0.1) is 0 Å². The van der Waals surface area contributed by atoms with Crippen LogP contribution in [0.4, 0.5) is 10.7 Å². The summed E-state index contributed by atoms with van der Waals surface area (Å²) in [5.74, 6) is -1.21. The van der Waals surface area contributed by atoms with Gasteiger partial charge < -0.3 is 26.2 Å². The Hall–Kier alpha value is -4.08. The molecule has 10 nitrogen and oxygen atoms in total. The predicted molar refractivity (Wildman–Crippen MR) is 90.6 cm³/mol. The van der Waals surface area contributed by atoms with Gasteiger partial charge >= 0.3 is 6.03 Å². The number of hydrogen-bond acceptors (Lipinski definition) is 8. The van der Waals surface area contributed by atoms with Gasteiger partial charge in [-0.2, -0.15) is 9.97 Å². The fourth-order valence-corrected chi connectivity index (χ4v) is 2.20. The first kappa shape index (κ1) is 16.8. The van der Waals surface area contributed by atoms with Crippen molar-refractivity contribution in [3.63, 3.8) is 0 Å². The standard InChI is InChI=1S/C16H13N5O5/c17-15(26)21-16-19-13(9-3-1-7(22)5-11(9)24)18-14(20-16)10-4-2-8(23)6-12(10)25/h1-6,22-25H,(H3,17,18,19,20,21,26). The third-order valence-corrected chi connectivity index (χ3v) is 3.31. The molecule has 0 fully saturated rings. The molecule has 0 radical (unpaired) electrons. The van der Waals surface area contributed by atoms with Gasteiger partial charge in [-0.25, -0.2) is 9.78 Å². The number of nitrogens with two attached hydrogens (primary N) is 1. The van der Waals surface area contributed by atoms with Crippen molar-refractivity contribution < 1.29 is 25.2 Å². The highest BCUT2D eigenvalue weighted by Crippen LogP contribution is 2.34. The van der Waals surface area contributed by atoms with Crippen LogP contribution in [0.15, 0.2) is 36.4 Å². The van der Waals surface area contributed by atoms with Crippen LogP contribution in [0.1, 0.15) is 0 Å². The van der Waals surface area contributed by atoms with Crippen molar-refractivity contribution in [2.24, 2.45) is 5.73 Å². The SMILES string of the molecule is NC(=O)Nc1nc(-c2ccc(O)cc2O)nc(-c2ccc(O)cc2O)n1. The minimum Gasteiger partial charge on any atom is -0.508 e. The number of carbonyl (C=O) groups is 1. The van der Waals surface area contributed by atoms with Crippen LogP contribution in [-0.2, 0) is 0 Å². The molecule has 0 saturated heterocycles. The van der Waals surface area contributed by atoms with Crippen LogP contribution in [0.3, 0.4) is 0 Å². The van der Waals surface area contributed by atoms with Crippen LogP contribution in [0.2, 0.25) is 0 Å². The Morgan fingerprint density at radius 2 is 1.27 bits per heavy atom. The summed E-state index contributed by atoms with van der Waals surface area (Å²) in [5, 5.41) is 41.1. The minimum absolute atomic E-state index is 0.0382. The van der Waals surface area contributed by atoms with E-state index in [1.54, 1.807) is 0 Å². The minimum atomic E-state index is -0.919. The molecular formula is C16H13N5O5. The highest BCUT2D eigenvalue weighted by atomic mass is 16.3. The molecular weight excluding hydrogens is 342 g/mol. The van der Waals surface area contributed by atoms with E-state index in [-0.39, 0.29) is 51.7 Å². The monoisotopic (exact) mass is 355 g/mol. The molecule has 3 aromatic rings. The fraction of sp³-hybridized carbons (Fsp3) is 0. The number of aromatic nitrogens is 3. The van der Waals surface area contributed by atoms with E-state index in [9.17, 15) is 25.2 Å². The number of aromatic hydroxyl groups is 4. The summed E-state index contributed by atoms with van der Waals surface area (Å²) >= 11 is 0. The Morgan fingerprint density at radius 1 is 0.808 bits per heavy atom. The number of amides is 2. The number of anilines is 1. The van der Waals surface area contributed by atoms with E-state index in [0.29, 0.717) is 0 Å². The maximum atomic E-state index is 11.1. The average molecular weight is 355 g/mol. The highest BCUT2D eigenvalue weighted by molar-refractivity contribution is 5.86. The summed E-state index contributed by atoms with van der Waals surface area (Å²) in [6.45, 7) is 0. The molecule has 0 saturated carbocycles. The van der Waals surface area contributed by atoms with Gasteiger partial charge in [0, 0.05) is 12.1 Å². The van der Waals surface area contributed by atoms with Gasteiger partial charge in [-0.05, 0) is 24.3 Å². The van der Waals surface area contributed by atoms with Crippen LogP contribution >= 0.6 is 0 Å². The number of urea groups is 1. The third-order valence-electron chi connectivity index (χ3n) is 3.31. The molecule has 10 heteroatoms. The molecule has 0 aliphatic rings. The summed E-state index contributed by atoms with van der Waals surface area (Å²) in [5.41, 5.74) is 5.39. The molecule has 0 unspecified atom stereocenters. The smallest absolute Gasteiger partial charge is 0.319 e. The van der Waals surface area contributed by atoms with Crippen molar-refractivity contribution >= 4 is 12.0 Å². The Morgan fingerprint density at radius 3 is 1.65 bits per heavy atom. The molecule has 3 rings (SSSR count). The summed E-state index contributed by atoms with van der Waals surface area (Å²) in [6, 6.07) is 6.65. The Balaban J connectivity index is 2.20. The Kier molecular flexibility index (Phi) is 4.15. The third kappa shape index (κ3) is 3.38. The second-order valence-electron chi connectivity index (χ2n) is 5.20. The van der Waals surface area contributed by atoms with Crippen LogP contribution < -0.4 is 11.1 Å².